The molecule has 0 aliphatic heterocycles. The summed E-state index contributed by atoms with van der Waals surface area (Å²) >= 11 is 0. The van der Waals surface area contributed by atoms with Gasteiger partial charge in [0, 0.05) is 10.8 Å². The van der Waals surface area contributed by atoms with Gasteiger partial charge in [-0.25, -0.2) is 0 Å². The lowest BCUT2D eigenvalue weighted by molar-refractivity contribution is 0.572. The summed E-state index contributed by atoms with van der Waals surface area (Å²) in [5, 5.41) is 2.42. The lowest BCUT2D eigenvalue weighted by atomic mass is 9.89. The van der Waals surface area contributed by atoms with E-state index in [1.54, 1.807) is 0 Å². The van der Waals surface area contributed by atoms with Crippen molar-refractivity contribution in [2.75, 3.05) is 0 Å². The number of hydrogen-bond acceptors (Lipinski definition) is 1. The van der Waals surface area contributed by atoms with Gasteiger partial charge in [-0.05, 0) is 35.1 Å². The van der Waals surface area contributed by atoms with Gasteiger partial charge in [-0.3, -0.25) is 0 Å². The van der Waals surface area contributed by atoms with Gasteiger partial charge in [0.1, 0.15) is 0 Å². The molecule has 0 saturated carbocycles. The number of hydrogen-bond donors (Lipinski definition) is 0. The molecule has 0 N–H and O–H groups in total. The Morgan fingerprint density at radius 3 is 1.53 bits per heavy atom. The maximum Gasteiger partial charge on any atom is 0.0981 e. The van der Waals surface area contributed by atoms with E-state index in [4.69, 9.17) is 4.42 Å². The SMILES string of the molecule is CC(C)c1cc2cocc2cc1C(C)C. The molecule has 0 spiro atoms. The lowest BCUT2D eigenvalue weighted by Gasteiger charge is -2.15. The van der Waals surface area contributed by atoms with Crippen LogP contribution in [-0.2, 0) is 0 Å². The van der Waals surface area contributed by atoms with Crippen LogP contribution in [0, 0.1) is 0 Å². The van der Waals surface area contributed by atoms with Crippen molar-refractivity contribution < 1.29 is 4.42 Å². The van der Waals surface area contributed by atoms with Gasteiger partial charge in [-0.15, -0.1) is 0 Å². The topological polar surface area (TPSA) is 13.1 Å². The smallest absolute Gasteiger partial charge is 0.0981 e. The molecule has 0 saturated heterocycles. The zero-order valence-corrected chi connectivity index (χ0v) is 9.87. The van der Waals surface area contributed by atoms with E-state index >= 15 is 0 Å². The van der Waals surface area contributed by atoms with Crippen molar-refractivity contribution in [2.24, 2.45) is 0 Å². The van der Waals surface area contributed by atoms with E-state index in [1.165, 1.54) is 21.9 Å². The van der Waals surface area contributed by atoms with Crippen LogP contribution in [-0.4, -0.2) is 0 Å². The largest absolute Gasteiger partial charge is 0.471 e. The molecule has 1 nitrogen and oxygen atoms in total. The highest BCUT2D eigenvalue weighted by Gasteiger charge is 2.11. The van der Waals surface area contributed by atoms with E-state index < -0.39 is 0 Å². The molecule has 15 heavy (non-hydrogen) atoms. The summed E-state index contributed by atoms with van der Waals surface area (Å²) in [6.07, 6.45) is 3.65. The predicted octanol–water partition coefficient (Wildman–Crippen LogP) is 4.68. The van der Waals surface area contributed by atoms with Crippen LogP contribution < -0.4 is 0 Å². The first-order valence-electron chi connectivity index (χ1n) is 5.59. The Kier molecular flexibility index (Phi) is 2.56. The molecule has 0 radical (unpaired) electrons. The van der Waals surface area contributed by atoms with E-state index in [2.05, 4.69) is 39.8 Å². The fourth-order valence-corrected chi connectivity index (χ4v) is 2.05. The molecule has 0 unspecified atom stereocenters. The summed E-state index contributed by atoms with van der Waals surface area (Å²) in [6.45, 7) is 8.97. The highest BCUT2D eigenvalue weighted by atomic mass is 16.3. The molecule has 0 aliphatic carbocycles. The van der Waals surface area contributed by atoms with Gasteiger partial charge >= 0.3 is 0 Å². The number of furan rings is 1. The second-order valence-corrected chi connectivity index (χ2v) is 4.79. The van der Waals surface area contributed by atoms with Gasteiger partial charge in [0.15, 0.2) is 0 Å². The first-order chi connectivity index (χ1) is 7.09. The average molecular weight is 202 g/mol. The van der Waals surface area contributed by atoms with Crippen molar-refractivity contribution in [1.29, 1.82) is 0 Å². The van der Waals surface area contributed by atoms with Crippen LogP contribution in [0.25, 0.3) is 10.8 Å². The van der Waals surface area contributed by atoms with E-state index in [0.29, 0.717) is 11.8 Å². The van der Waals surface area contributed by atoms with Crippen LogP contribution in [0.3, 0.4) is 0 Å². The molecule has 0 atom stereocenters. The Hall–Kier alpha value is -1.24. The third kappa shape index (κ3) is 1.79. The highest BCUT2D eigenvalue weighted by Crippen LogP contribution is 2.30. The van der Waals surface area contributed by atoms with E-state index in [0.717, 1.165) is 0 Å². The first kappa shape index (κ1) is 10.3. The standard InChI is InChI=1S/C14H18O/c1-9(2)13-5-11-7-15-8-12(11)6-14(13)10(3)4/h5-10H,1-4H3. The second-order valence-electron chi connectivity index (χ2n) is 4.79. The van der Waals surface area contributed by atoms with Crippen LogP contribution in [0.15, 0.2) is 29.1 Å². The highest BCUT2D eigenvalue weighted by molar-refractivity contribution is 5.83. The molecule has 2 aromatic rings. The number of benzene rings is 1. The summed E-state index contributed by atoms with van der Waals surface area (Å²) < 4.78 is 5.23. The third-order valence-electron chi connectivity index (χ3n) is 2.92. The van der Waals surface area contributed by atoms with Crippen LogP contribution in [0.1, 0.15) is 50.7 Å². The van der Waals surface area contributed by atoms with Crippen molar-refractivity contribution in [3.63, 3.8) is 0 Å². The molecule has 0 fully saturated rings. The molecule has 1 heteroatoms. The summed E-state index contributed by atoms with van der Waals surface area (Å²) in [6, 6.07) is 4.53. The van der Waals surface area contributed by atoms with E-state index in [-0.39, 0.29) is 0 Å². The van der Waals surface area contributed by atoms with Gasteiger partial charge in [-0.2, -0.15) is 0 Å². The van der Waals surface area contributed by atoms with Crippen molar-refractivity contribution in [2.45, 2.75) is 39.5 Å². The molecule has 80 valence electrons. The quantitative estimate of drug-likeness (QED) is 0.689. The average Bonchev–Trinajstić information content (AvgIpc) is 2.61. The molecule has 0 amide bonds. The normalized spacial score (nSPS) is 11.9. The van der Waals surface area contributed by atoms with Gasteiger partial charge in [0.05, 0.1) is 12.5 Å². The summed E-state index contributed by atoms with van der Waals surface area (Å²) in [5.74, 6) is 1.14. The fraction of sp³-hybridized carbons (Fsp3) is 0.429. The van der Waals surface area contributed by atoms with Crippen LogP contribution >= 0.6 is 0 Å². The summed E-state index contributed by atoms with van der Waals surface area (Å²) in [7, 11) is 0. The Morgan fingerprint density at radius 2 is 1.20 bits per heavy atom. The van der Waals surface area contributed by atoms with E-state index in [9.17, 15) is 0 Å². The zero-order valence-electron chi connectivity index (χ0n) is 9.87. The van der Waals surface area contributed by atoms with Crippen LogP contribution in [0.2, 0.25) is 0 Å². The van der Waals surface area contributed by atoms with Gasteiger partial charge in [0.25, 0.3) is 0 Å². The van der Waals surface area contributed by atoms with Gasteiger partial charge in [-0.1, -0.05) is 27.7 Å². The lowest BCUT2D eigenvalue weighted by Crippen LogP contribution is -1.98. The molecule has 1 aromatic heterocycles. The van der Waals surface area contributed by atoms with E-state index in [1.807, 2.05) is 12.5 Å². The maximum atomic E-state index is 5.23. The molecule has 1 aromatic carbocycles. The minimum absolute atomic E-state index is 0.571. The zero-order chi connectivity index (χ0) is 11.0. The van der Waals surface area contributed by atoms with Crippen LogP contribution in [0.4, 0.5) is 0 Å². The molecule has 1 heterocycles. The third-order valence-corrected chi connectivity index (χ3v) is 2.92. The van der Waals surface area contributed by atoms with Crippen molar-refractivity contribution in [1.82, 2.24) is 0 Å². The second kappa shape index (κ2) is 3.73. The monoisotopic (exact) mass is 202 g/mol. The molecular weight excluding hydrogens is 184 g/mol. The van der Waals surface area contributed by atoms with Crippen LogP contribution in [0.5, 0.6) is 0 Å². The minimum Gasteiger partial charge on any atom is -0.471 e. The summed E-state index contributed by atoms with van der Waals surface area (Å²) in [4.78, 5) is 0. The molecular formula is C14H18O. The Bertz CT molecular complexity index is 421. The fourth-order valence-electron chi connectivity index (χ4n) is 2.05. The molecule has 0 bridgehead atoms. The van der Waals surface area contributed by atoms with Gasteiger partial charge < -0.3 is 4.42 Å². The first-order valence-corrected chi connectivity index (χ1v) is 5.59. The van der Waals surface area contributed by atoms with Crippen molar-refractivity contribution >= 4 is 10.8 Å². The minimum atomic E-state index is 0.571. The number of fused-ring (bicyclic) bond motifs is 1. The number of rotatable bonds is 2. The summed E-state index contributed by atoms with van der Waals surface area (Å²) in [5.41, 5.74) is 2.89. The Labute approximate surface area is 91.1 Å². The molecule has 0 aliphatic rings. The molecule has 2 rings (SSSR count). The predicted molar refractivity (Wildman–Crippen MR) is 64.4 cm³/mol. The maximum absolute atomic E-state index is 5.23. The van der Waals surface area contributed by atoms with Gasteiger partial charge in [0.2, 0.25) is 0 Å². The van der Waals surface area contributed by atoms with Crippen molar-refractivity contribution in [3.05, 3.63) is 35.8 Å². The Balaban J connectivity index is 2.68. The van der Waals surface area contributed by atoms with Crippen molar-refractivity contribution in [3.8, 4) is 0 Å². The Morgan fingerprint density at radius 1 is 0.800 bits per heavy atom.